The van der Waals surface area contributed by atoms with E-state index in [0.717, 1.165) is 0 Å². The summed E-state index contributed by atoms with van der Waals surface area (Å²) < 4.78 is 17.5. The molecule has 0 aromatic heterocycles. The fourth-order valence-electron chi connectivity index (χ4n) is 5.46. The van der Waals surface area contributed by atoms with E-state index >= 15 is 0 Å². The first-order valence-electron chi connectivity index (χ1n) is 11.8. The van der Waals surface area contributed by atoms with Crippen molar-refractivity contribution >= 4 is 0 Å². The number of rotatable bonds is 6. The number of aliphatic hydroxyl groups is 6. The van der Waals surface area contributed by atoms with Gasteiger partial charge in [0.25, 0.3) is 0 Å². The SMILES string of the molecule is CN[C@@H]1[C@@H](O)[C@@H](O[C@@H]2[C@@H](O)[C@H](O[C@H]3C[C@H](C(C)O)[C@@H](O)[C@H](O)[C@H]3N)[C@@H](N)C[C@H]2N)OC[C@]1(C)O. The second-order valence-corrected chi connectivity index (χ2v) is 10.3. The fraction of sp³-hybridized carbons (Fsp3) is 1.00. The Kier molecular flexibility index (Phi) is 8.95. The summed E-state index contributed by atoms with van der Waals surface area (Å²) in [5, 5.41) is 65.7. The number of aliphatic hydroxyl groups excluding tert-OH is 5. The van der Waals surface area contributed by atoms with Gasteiger partial charge in [0, 0.05) is 18.0 Å². The monoisotopic (exact) mass is 494 g/mol. The molecule has 13 nitrogen and oxygen atoms in total. The molecule has 1 unspecified atom stereocenters. The minimum atomic E-state index is -1.34. The number of nitrogens with one attached hydrogen (secondary N) is 1. The van der Waals surface area contributed by atoms with Gasteiger partial charge < -0.3 is 67.4 Å². The van der Waals surface area contributed by atoms with Crippen molar-refractivity contribution < 1.29 is 44.8 Å². The van der Waals surface area contributed by atoms with E-state index in [1.54, 1.807) is 7.05 Å². The zero-order valence-electron chi connectivity index (χ0n) is 19.8. The van der Waals surface area contributed by atoms with Gasteiger partial charge in [-0.25, -0.2) is 0 Å². The predicted molar refractivity (Wildman–Crippen MR) is 119 cm³/mol. The molecule has 0 aromatic carbocycles. The van der Waals surface area contributed by atoms with Crippen molar-refractivity contribution in [2.24, 2.45) is 23.1 Å². The standard InChI is InChI=1S/C21H42N4O9/c1-7(26)8-4-11(12(24)14(28)13(8)27)33-17-9(22)5-10(23)18(15(17)29)34-20-16(30)19(25-3)21(2,31)6-32-20/h7-20,25-31H,4-6,22-24H2,1-3H3/t7?,8-,9+,10-,11+,12+,13-,14-,15+,16-,17-,18+,19-,20-,21+/m1/s1. The van der Waals surface area contributed by atoms with Crippen LogP contribution in [0.4, 0.5) is 0 Å². The highest BCUT2D eigenvalue weighted by molar-refractivity contribution is 5.03. The van der Waals surface area contributed by atoms with Gasteiger partial charge in [0.2, 0.25) is 0 Å². The molecule has 2 aliphatic carbocycles. The molecule has 2 saturated carbocycles. The lowest BCUT2D eigenvalue weighted by Crippen LogP contribution is -2.69. The highest BCUT2D eigenvalue weighted by atomic mass is 16.7. The zero-order valence-corrected chi connectivity index (χ0v) is 19.8. The fourth-order valence-corrected chi connectivity index (χ4v) is 5.46. The molecule has 13 N–H and O–H groups in total. The average molecular weight is 495 g/mol. The van der Waals surface area contributed by atoms with Gasteiger partial charge in [-0.1, -0.05) is 0 Å². The Labute approximate surface area is 199 Å². The molecule has 1 heterocycles. The molecule has 0 spiro atoms. The molecule has 200 valence electrons. The van der Waals surface area contributed by atoms with Crippen molar-refractivity contribution in [3.8, 4) is 0 Å². The molecular weight excluding hydrogens is 452 g/mol. The second kappa shape index (κ2) is 10.8. The zero-order chi connectivity index (χ0) is 25.5. The second-order valence-electron chi connectivity index (χ2n) is 10.3. The van der Waals surface area contributed by atoms with E-state index < -0.39 is 90.8 Å². The van der Waals surface area contributed by atoms with Crippen molar-refractivity contribution in [3.63, 3.8) is 0 Å². The summed E-state index contributed by atoms with van der Waals surface area (Å²) >= 11 is 0. The van der Waals surface area contributed by atoms with E-state index in [-0.39, 0.29) is 19.4 Å². The average Bonchev–Trinajstić information content (AvgIpc) is 2.75. The molecule has 1 aliphatic heterocycles. The van der Waals surface area contributed by atoms with Gasteiger partial charge in [-0.05, 0) is 33.7 Å². The van der Waals surface area contributed by atoms with Crippen LogP contribution in [0.15, 0.2) is 0 Å². The van der Waals surface area contributed by atoms with Crippen molar-refractivity contribution in [1.29, 1.82) is 0 Å². The van der Waals surface area contributed by atoms with Crippen LogP contribution in [0.2, 0.25) is 0 Å². The first-order valence-corrected chi connectivity index (χ1v) is 11.8. The highest BCUT2D eigenvalue weighted by Gasteiger charge is 2.52. The van der Waals surface area contributed by atoms with Crippen molar-refractivity contribution in [1.82, 2.24) is 5.32 Å². The Balaban J connectivity index is 1.73. The summed E-state index contributed by atoms with van der Waals surface area (Å²) in [5.74, 6) is -0.678. The quantitative estimate of drug-likeness (QED) is 0.167. The van der Waals surface area contributed by atoms with E-state index in [1.807, 2.05) is 0 Å². The minimum absolute atomic E-state index is 0.115. The van der Waals surface area contributed by atoms with Crippen molar-refractivity contribution in [2.45, 2.75) is 112 Å². The molecule has 34 heavy (non-hydrogen) atoms. The van der Waals surface area contributed by atoms with Crippen LogP contribution in [0.3, 0.4) is 0 Å². The summed E-state index contributed by atoms with van der Waals surface area (Å²) in [7, 11) is 1.59. The molecule has 1 saturated heterocycles. The molecule has 3 fully saturated rings. The maximum absolute atomic E-state index is 11.1. The van der Waals surface area contributed by atoms with Gasteiger partial charge in [-0.3, -0.25) is 0 Å². The Morgan fingerprint density at radius 2 is 1.53 bits per heavy atom. The lowest BCUT2D eigenvalue weighted by atomic mass is 9.77. The van der Waals surface area contributed by atoms with Crippen LogP contribution in [0.5, 0.6) is 0 Å². The topological polar surface area (TPSA) is 239 Å². The number of likely N-dealkylation sites (N-methyl/N-ethyl adjacent to an activating group) is 1. The maximum Gasteiger partial charge on any atom is 0.185 e. The lowest BCUT2D eigenvalue weighted by molar-refractivity contribution is -0.300. The smallest absolute Gasteiger partial charge is 0.185 e. The molecule has 3 aliphatic rings. The summed E-state index contributed by atoms with van der Waals surface area (Å²) in [6.45, 7) is 2.91. The van der Waals surface area contributed by atoms with E-state index in [0.29, 0.717) is 0 Å². The van der Waals surface area contributed by atoms with Crippen LogP contribution in [0.1, 0.15) is 26.7 Å². The summed E-state index contributed by atoms with van der Waals surface area (Å²) in [5.41, 5.74) is 17.2. The number of hydrogen-bond acceptors (Lipinski definition) is 13. The van der Waals surface area contributed by atoms with Gasteiger partial charge in [-0.2, -0.15) is 0 Å². The largest absolute Gasteiger partial charge is 0.393 e. The van der Waals surface area contributed by atoms with Crippen LogP contribution in [0, 0.1) is 5.92 Å². The van der Waals surface area contributed by atoms with E-state index in [2.05, 4.69) is 5.32 Å². The Bertz CT molecular complexity index is 674. The predicted octanol–water partition coefficient (Wildman–Crippen LogP) is -4.95. The Morgan fingerprint density at radius 3 is 2.09 bits per heavy atom. The third-order valence-electron chi connectivity index (χ3n) is 7.56. The molecule has 0 amide bonds. The molecular formula is C21H42N4O9. The van der Waals surface area contributed by atoms with Gasteiger partial charge in [-0.15, -0.1) is 0 Å². The van der Waals surface area contributed by atoms with Gasteiger partial charge >= 0.3 is 0 Å². The molecule has 0 bridgehead atoms. The Hall–Kier alpha value is -0.520. The van der Waals surface area contributed by atoms with Crippen LogP contribution in [-0.4, -0.2) is 129 Å². The van der Waals surface area contributed by atoms with Crippen molar-refractivity contribution in [2.75, 3.05) is 13.7 Å². The number of nitrogens with two attached hydrogens (primary N) is 3. The van der Waals surface area contributed by atoms with E-state index in [1.165, 1.54) is 13.8 Å². The summed E-state index contributed by atoms with van der Waals surface area (Å²) in [4.78, 5) is 0. The number of ether oxygens (including phenoxy) is 3. The molecule has 15 atom stereocenters. The normalized spacial score (nSPS) is 53.5. The Morgan fingerprint density at radius 1 is 0.941 bits per heavy atom. The van der Waals surface area contributed by atoms with E-state index in [4.69, 9.17) is 31.4 Å². The van der Waals surface area contributed by atoms with Gasteiger partial charge in [0.15, 0.2) is 6.29 Å². The van der Waals surface area contributed by atoms with Gasteiger partial charge in [0.1, 0.15) is 30.0 Å². The van der Waals surface area contributed by atoms with Crippen LogP contribution in [0.25, 0.3) is 0 Å². The molecule has 3 rings (SSSR count). The molecule has 0 radical (unpaired) electrons. The van der Waals surface area contributed by atoms with Crippen LogP contribution in [-0.2, 0) is 14.2 Å². The summed E-state index contributed by atoms with van der Waals surface area (Å²) in [6.07, 6.45) is -9.66. The van der Waals surface area contributed by atoms with Gasteiger partial charge in [0.05, 0.1) is 43.1 Å². The summed E-state index contributed by atoms with van der Waals surface area (Å²) in [6, 6.07) is -3.10. The third kappa shape index (κ3) is 5.42. The number of hydrogen-bond donors (Lipinski definition) is 10. The van der Waals surface area contributed by atoms with Crippen molar-refractivity contribution in [3.05, 3.63) is 0 Å². The minimum Gasteiger partial charge on any atom is -0.393 e. The highest BCUT2D eigenvalue weighted by Crippen LogP contribution is 2.34. The maximum atomic E-state index is 11.1. The first kappa shape index (κ1) is 28.1. The molecule has 13 heteroatoms. The third-order valence-corrected chi connectivity index (χ3v) is 7.56. The van der Waals surface area contributed by atoms with Crippen LogP contribution >= 0.6 is 0 Å². The lowest BCUT2D eigenvalue weighted by Gasteiger charge is -2.49. The first-order chi connectivity index (χ1) is 15.8. The van der Waals surface area contributed by atoms with Crippen LogP contribution < -0.4 is 22.5 Å². The molecule has 0 aromatic rings. The van der Waals surface area contributed by atoms with E-state index in [9.17, 15) is 30.6 Å².